The van der Waals surface area contributed by atoms with Crippen molar-refractivity contribution in [3.8, 4) is 0 Å². The summed E-state index contributed by atoms with van der Waals surface area (Å²) < 4.78 is 1.92. The number of halogens is 1. The molecule has 1 unspecified atom stereocenters. The average Bonchev–Trinajstić information content (AvgIpc) is 2.83. The first-order chi connectivity index (χ1) is 10.4. The molecule has 0 radical (unpaired) electrons. The van der Waals surface area contributed by atoms with Crippen molar-refractivity contribution in [2.75, 3.05) is 5.73 Å². The van der Waals surface area contributed by atoms with Crippen LogP contribution < -0.4 is 5.73 Å². The van der Waals surface area contributed by atoms with E-state index >= 15 is 0 Å². The lowest BCUT2D eigenvalue weighted by molar-refractivity contribution is -0.114. The van der Waals surface area contributed by atoms with Gasteiger partial charge in [0.2, 0.25) is 5.24 Å². The van der Waals surface area contributed by atoms with E-state index in [2.05, 4.69) is 11.9 Å². The van der Waals surface area contributed by atoms with E-state index in [1.165, 1.54) is 19.3 Å². The standard InChI is InChI=1S/C9H17ClO.C7H6N2S2/c1-3-4-5-6-7-8(2)9(10)11;8-4-1-2-5-6(3-4)11-7(10)9-5/h8H,3-7H2,1-2H3;1-3H,8H2,(H,9,10). The Labute approximate surface area is 145 Å². The van der Waals surface area contributed by atoms with E-state index in [1.807, 2.05) is 25.1 Å². The van der Waals surface area contributed by atoms with Gasteiger partial charge in [0.25, 0.3) is 0 Å². The molecule has 0 aliphatic carbocycles. The van der Waals surface area contributed by atoms with Crippen molar-refractivity contribution in [1.29, 1.82) is 0 Å². The third-order valence-corrected chi connectivity index (χ3v) is 4.89. The molecule has 122 valence electrons. The van der Waals surface area contributed by atoms with E-state index in [0.29, 0.717) is 0 Å². The second-order valence-corrected chi connectivity index (χ2v) is 7.42. The van der Waals surface area contributed by atoms with Crippen molar-refractivity contribution in [2.24, 2.45) is 5.92 Å². The number of nitrogen functional groups attached to an aromatic ring is 1. The summed E-state index contributed by atoms with van der Waals surface area (Å²) in [6, 6.07) is 5.73. The molecule has 1 heterocycles. The second-order valence-electron chi connectivity index (χ2n) is 5.32. The predicted molar refractivity (Wildman–Crippen MR) is 100 cm³/mol. The van der Waals surface area contributed by atoms with Gasteiger partial charge in [-0.1, -0.05) is 39.5 Å². The van der Waals surface area contributed by atoms with E-state index < -0.39 is 0 Å². The molecule has 0 spiro atoms. The van der Waals surface area contributed by atoms with Crippen molar-refractivity contribution in [3.05, 3.63) is 22.2 Å². The monoisotopic (exact) mass is 358 g/mol. The topological polar surface area (TPSA) is 58.9 Å². The Balaban J connectivity index is 0.000000220. The second kappa shape index (κ2) is 9.98. The van der Waals surface area contributed by atoms with Crippen LogP contribution in [0, 0.1) is 9.87 Å². The number of H-pyrrole nitrogens is 1. The summed E-state index contributed by atoms with van der Waals surface area (Å²) >= 11 is 11.8. The molecule has 2 aromatic rings. The Morgan fingerprint density at radius 1 is 1.41 bits per heavy atom. The molecule has 0 saturated carbocycles. The van der Waals surface area contributed by atoms with Crippen LogP contribution in [-0.4, -0.2) is 10.2 Å². The fourth-order valence-electron chi connectivity index (χ4n) is 1.95. The lowest BCUT2D eigenvalue weighted by atomic mass is 10.0. The molecule has 0 bridgehead atoms. The molecule has 3 N–H and O–H groups in total. The minimum Gasteiger partial charge on any atom is -0.399 e. The summed E-state index contributed by atoms with van der Waals surface area (Å²) in [4.78, 5) is 13.6. The van der Waals surface area contributed by atoms with Crippen molar-refractivity contribution >= 4 is 56.3 Å². The highest BCUT2D eigenvalue weighted by atomic mass is 35.5. The smallest absolute Gasteiger partial charge is 0.224 e. The minimum atomic E-state index is -0.193. The maximum Gasteiger partial charge on any atom is 0.224 e. The van der Waals surface area contributed by atoms with E-state index in [1.54, 1.807) is 11.3 Å². The first-order valence-electron chi connectivity index (χ1n) is 7.51. The molecule has 0 fully saturated rings. The van der Waals surface area contributed by atoms with Gasteiger partial charge in [-0.25, -0.2) is 0 Å². The molecule has 1 aromatic heterocycles. The van der Waals surface area contributed by atoms with Crippen LogP contribution in [0.2, 0.25) is 0 Å². The lowest BCUT2D eigenvalue weighted by Crippen LogP contribution is -2.02. The molecule has 22 heavy (non-hydrogen) atoms. The third-order valence-electron chi connectivity index (χ3n) is 3.32. The van der Waals surface area contributed by atoms with Crippen LogP contribution in [0.15, 0.2) is 18.2 Å². The number of hydrogen-bond acceptors (Lipinski definition) is 4. The molecule has 0 saturated heterocycles. The van der Waals surface area contributed by atoms with Gasteiger partial charge in [0.1, 0.15) is 0 Å². The SMILES string of the molecule is CCCCCCC(C)C(=O)Cl.Nc1ccc2[nH]c(=S)sc2c1. The minimum absolute atomic E-state index is 0.0496. The van der Waals surface area contributed by atoms with Crippen LogP contribution in [0.1, 0.15) is 46.0 Å². The Morgan fingerprint density at radius 2 is 2.14 bits per heavy atom. The molecule has 6 heteroatoms. The molecule has 2 rings (SSSR count). The van der Waals surface area contributed by atoms with Gasteiger partial charge >= 0.3 is 0 Å². The van der Waals surface area contributed by atoms with Crippen LogP contribution in [0.5, 0.6) is 0 Å². The van der Waals surface area contributed by atoms with Gasteiger partial charge in [0.05, 0.1) is 10.2 Å². The Hall–Kier alpha value is -0.910. The zero-order valence-corrected chi connectivity index (χ0v) is 15.4. The van der Waals surface area contributed by atoms with Gasteiger partial charge in [-0.05, 0) is 48.4 Å². The number of thiazole rings is 1. The van der Waals surface area contributed by atoms with E-state index in [4.69, 9.17) is 29.6 Å². The molecule has 1 aromatic carbocycles. The summed E-state index contributed by atoms with van der Waals surface area (Å²) in [5, 5.41) is -0.193. The number of nitrogens with one attached hydrogen (secondary N) is 1. The van der Waals surface area contributed by atoms with Crippen molar-refractivity contribution in [2.45, 2.75) is 46.0 Å². The van der Waals surface area contributed by atoms with Gasteiger partial charge in [-0.3, -0.25) is 4.79 Å². The number of carbonyl (C=O) groups is 1. The summed E-state index contributed by atoms with van der Waals surface area (Å²) in [7, 11) is 0. The van der Waals surface area contributed by atoms with Crippen molar-refractivity contribution < 1.29 is 4.79 Å². The number of aromatic amines is 1. The zero-order valence-electron chi connectivity index (χ0n) is 13.0. The van der Waals surface area contributed by atoms with Crippen LogP contribution in [0.25, 0.3) is 10.2 Å². The fraction of sp³-hybridized carbons (Fsp3) is 0.500. The van der Waals surface area contributed by atoms with Crippen LogP contribution in [0.4, 0.5) is 5.69 Å². The molecule has 3 nitrogen and oxygen atoms in total. The highest BCUT2D eigenvalue weighted by Gasteiger charge is 2.07. The number of carbonyl (C=O) groups excluding carboxylic acids is 1. The number of benzene rings is 1. The molecule has 1 atom stereocenters. The number of anilines is 1. The number of aromatic nitrogens is 1. The Kier molecular flexibility index (Phi) is 8.68. The average molecular weight is 359 g/mol. The number of rotatable bonds is 6. The van der Waals surface area contributed by atoms with E-state index in [0.717, 1.165) is 32.7 Å². The number of nitrogens with two attached hydrogens (primary N) is 1. The highest BCUT2D eigenvalue weighted by Crippen LogP contribution is 2.21. The largest absolute Gasteiger partial charge is 0.399 e. The summed E-state index contributed by atoms with van der Waals surface area (Å²) in [5.41, 5.74) is 7.44. The molecular formula is C16H23ClN2OS2. The normalized spacial score (nSPS) is 11.8. The summed E-state index contributed by atoms with van der Waals surface area (Å²) in [5.74, 6) is 0.0496. The molecule has 0 aliphatic rings. The molecule has 0 amide bonds. The molecular weight excluding hydrogens is 336 g/mol. The summed E-state index contributed by atoms with van der Waals surface area (Å²) in [6.45, 7) is 4.07. The third kappa shape index (κ3) is 6.90. The first-order valence-corrected chi connectivity index (χ1v) is 9.12. The van der Waals surface area contributed by atoms with Crippen molar-refractivity contribution in [3.63, 3.8) is 0 Å². The van der Waals surface area contributed by atoms with Gasteiger partial charge in [-0.2, -0.15) is 0 Å². The number of fused-ring (bicyclic) bond motifs is 1. The zero-order chi connectivity index (χ0) is 16.5. The predicted octanol–water partition coefficient (Wildman–Crippen LogP) is 5.90. The van der Waals surface area contributed by atoms with Gasteiger partial charge < -0.3 is 10.7 Å². The fourth-order valence-corrected chi connectivity index (χ4v) is 3.23. The maximum atomic E-state index is 10.6. The number of hydrogen-bond donors (Lipinski definition) is 2. The maximum absolute atomic E-state index is 10.6. The van der Waals surface area contributed by atoms with Crippen molar-refractivity contribution in [1.82, 2.24) is 4.98 Å². The first kappa shape index (κ1) is 19.1. The summed E-state index contributed by atoms with van der Waals surface area (Å²) in [6.07, 6.45) is 5.81. The van der Waals surface area contributed by atoms with Gasteiger partial charge in [0.15, 0.2) is 3.95 Å². The number of unbranched alkanes of at least 4 members (excludes halogenated alkanes) is 3. The van der Waals surface area contributed by atoms with E-state index in [-0.39, 0.29) is 11.2 Å². The van der Waals surface area contributed by atoms with Crippen LogP contribution >= 0.6 is 35.2 Å². The van der Waals surface area contributed by atoms with Gasteiger partial charge in [0, 0.05) is 11.6 Å². The Bertz CT molecular complexity index is 651. The lowest BCUT2D eigenvalue weighted by Gasteiger charge is -2.04. The van der Waals surface area contributed by atoms with E-state index in [9.17, 15) is 4.79 Å². The van der Waals surface area contributed by atoms with Crippen LogP contribution in [0.3, 0.4) is 0 Å². The highest BCUT2D eigenvalue weighted by molar-refractivity contribution is 7.73. The molecule has 0 aliphatic heterocycles. The Morgan fingerprint density at radius 3 is 2.77 bits per heavy atom. The quantitative estimate of drug-likeness (QED) is 0.292. The van der Waals surface area contributed by atoms with Gasteiger partial charge in [-0.15, -0.1) is 11.3 Å². The van der Waals surface area contributed by atoms with Crippen LogP contribution in [-0.2, 0) is 4.79 Å².